The molecule has 0 saturated carbocycles. The van der Waals surface area contributed by atoms with Crippen molar-refractivity contribution in [3.05, 3.63) is 29.8 Å². The number of hydrogen-bond acceptors (Lipinski definition) is 2. The third kappa shape index (κ3) is 3.64. The van der Waals surface area contributed by atoms with E-state index in [9.17, 15) is 4.79 Å². The molecule has 0 aromatic heterocycles. The predicted molar refractivity (Wildman–Crippen MR) is 91.3 cm³/mol. The van der Waals surface area contributed by atoms with Crippen LogP contribution in [0.1, 0.15) is 56.6 Å². The summed E-state index contributed by atoms with van der Waals surface area (Å²) in [6, 6.07) is 9.80. The standard InChI is InChI=1S/C18H25ClN2O/c19-12-3-5-18(22)20-15-8-6-14(7-9-15)17-11-10-16-4-1-2-13-21(16)17/h6-9,16-17H,1-5,10-13H2,(H,20,22). The first-order valence-corrected chi connectivity index (χ1v) is 9.03. The lowest BCUT2D eigenvalue weighted by Gasteiger charge is -2.34. The van der Waals surface area contributed by atoms with Gasteiger partial charge in [-0.25, -0.2) is 0 Å². The van der Waals surface area contributed by atoms with Crippen molar-refractivity contribution >= 4 is 23.2 Å². The van der Waals surface area contributed by atoms with Crippen molar-refractivity contribution in [2.24, 2.45) is 0 Å². The van der Waals surface area contributed by atoms with Gasteiger partial charge in [0.05, 0.1) is 0 Å². The third-order valence-electron chi connectivity index (χ3n) is 4.96. The molecule has 3 nitrogen and oxygen atoms in total. The highest BCUT2D eigenvalue weighted by Gasteiger charge is 2.35. The van der Waals surface area contributed by atoms with Gasteiger partial charge in [0.15, 0.2) is 0 Å². The lowest BCUT2D eigenvalue weighted by Crippen LogP contribution is -2.35. The topological polar surface area (TPSA) is 32.3 Å². The molecule has 0 radical (unpaired) electrons. The van der Waals surface area contributed by atoms with Gasteiger partial charge in [0, 0.05) is 30.1 Å². The van der Waals surface area contributed by atoms with Gasteiger partial charge < -0.3 is 5.32 Å². The molecule has 120 valence electrons. The van der Waals surface area contributed by atoms with Crippen LogP contribution in [-0.2, 0) is 4.79 Å². The molecule has 1 N–H and O–H groups in total. The van der Waals surface area contributed by atoms with Crippen LogP contribution in [0.15, 0.2) is 24.3 Å². The Balaban J connectivity index is 1.60. The summed E-state index contributed by atoms with van der Waals surface area (Å²) in [6.07, 6.45) is 7.91. The van der Waals surface area contributed by atoms with Crippen LogP contribution >= 0.6 is 11.6 Å². The van der Waals surface area contributed by atoms with E-state index in [4.69, 9.17) is 11.6 Å². The van der Waals surface area contributed by atoms with Crippen molar-refractivity contribution in [2.75, 3.05) is 17.7 Å². The highest BCUT2D eigenvalue weighted by atomic mass is 35.5. The van der Waals surface area contributed by atoms with Gasteiger partial charge in [0.2, 0.25) is 5.91 Å². The van der Waals surface area contributed by atoms with Crippen molar-refractivity contribution in [1.29, 1.82) is 0 Å². The number of nitrogens with zero attached hydrogens (tertiary/aromatic N) is 1. The average Bonchev–Trinajstić information content (AvgIpc) is 2.98. The first-order valence-electron chi connectivity index (χ1n) is 8.49. The van der Waals surface area contributed by atoms with Crippen LogP contribution in [0, 0.1) is 0 Å². The van der Waals surface area contributed by atoms with E-state index in [0.29, 0.717) is 18.3 Å². The molecule has 2 saturated heterocycles. The monoisotopic (exact) mass is 320 g/mol. The van der Waals surface area contributed by atoms with Crippen molar-refractivity contribution in [1.82, 2.24) is 4.90 Å². The molecule has 22 heavy (non-hydrogen) atoms. The molecular weight excluding hydrogens is 296 g/mol. The molecule has 0 spiro atoms. The number of halogens is 1. The molecular formula is C18H25ClN2O. The van der Waals surface area contributed by atoms with Crippen LogP contribution in [0.3, 0.4) is 0 Å². The molecule has 1 aromatic carbocycles. The molecule has 1 aromatic rings. The molecule has 2 atom stereocenters. The Hall–Kier alpha value is -1.06. The Kier molecular flexibility index (Phi) is 5.37. The molecule has 3 rings (SSSR count). The highest BCUT2D eigenvalue weighted by Crippen LogP contribution is 2.40. The van der Waals surface area contributed by atoms with Crippen LogP contribution in [0.4, 0.5) is 5.69 Å². The van der Waals surface area contributed by atoms with Crippen LogP contribution in [0.5, 0.6) is 0 Å². The number of hydrogen-bond donors (Lipinski definition) is 1. The molecule has 0 bridgehead atoms. The van der Waals surface area contributed by atoms with Gasteiger partial charge in [-0.1, -0.05) is 18.6 Å². The molecule has 0 aliphatic carbocycles. The molecule has 2 heterocycles. The summed E-state index contributed by atoms with van der Waals surface area (Å²) in [5, 5.41) is 2.94. The molecule has 1 amide bonds. The SMILES string of the molecule is O=C(CCCCl)Nc1ccc(C2CCC3CCCCN32)cc1. The maximum atomic E-state index is 11.7. The summed E-state index contributed by atoms with van der Waals surface area (Å²) in [4.78, 5) is 14.4. The van der Waals surface area contributed by atoms with Gasteiger partial charge in [-0.05, 0) is 56.3 Å². The summed E-state index contributed by atoms with van der Waals surface area (Å²) < 4.78 is 0. The second-order valence-corrected chi connectivity index (χ2v) is 6.82. The summed E-state index contributed by atoms with van der Waals surface area (Å²) in [7, 11) is 0. The fourth-order valence-electron chi connectivity index (χ4n) is 3.86. The maximum Gasteiger partial charge on any atom is 0.224 e. The minimum absolute atomic E-state index is 0.0466. The fourth-order valence-corrected chi connectivity index (χ4v) is 3.99. The Morgan fingerprint density at radius 3 is 2.77 bits per heavy atom. The van der Waals surface area contributed by atoms with Gasteiger partial charge in [-0.15, -0.1) is 11.6 Å². The van der Waals surface area contributed by atoms with E-state index in [2.05, 4.69) is 22.3 Å². The second-order valence-electron chi connectivity index (χ2n) is 6.44. The van der Waals surface area contributed by atoms with Gasteiger partial charge in [0.1, 0.15) is 0 Å². The zero-order valence-electron chi connectivity index (χ0n) is 13.1. The van der Waals surface area contributed by atoms with Crippen molar-refractivity contribution < 1.29 is 4.79 Å². The quantitative estimate of drug-likeness (QED) is 0.819. The number of carbonyl (C=O) groups excluding carboxylic acids is 1. The lowest BCUT2D eigenvalue weighted by molar-refractivity contribution is -0.116. The molecule has 2 fully saturated rings. The lowest BCUT2D eigenvalue weighted by atomic mass is 10.0. The molecule has 2 aliphatic rings. The Morgan fingerprint density at radius 1 is 1.18 bits per heavy atom. The Labute approximate surface area is 138 Å². The van der Waals surface area contributed by atoms with Gasteiger partial charge in [0.25, 0.3) is 0 Å². The third-order valence-corrected chi connectivity index (χ3v) is 5.23. The normalized spacial score (nSPS) is 25.0. The maximum absolute atomic E-state index is 11.7. The smallest absolute Gasteiger partial charge is 0.224 e. The van der Waals surface area contributed by atoms with E-state index in [0.717, 1.165) is 18.2 Å². The minimum Gasteiger partial charge on any atom is -0.326 e. The Bertz CT molecular complexity index is 502. The number of benzene rings is 1. The summed E-state index contributed by atoms with van der Waals surface area (Å²) in [5.41, 5.74) is 2.28. The van der Waals surface area contributed by atoms with Crippen LogP contribution in [-0.4, -0.2) is 29.3 Å². The first kappa shape index (κ1) is 15.8. The number of nitrogens with one attached hydrogen (secondary N) is 1. The van der Waals surface area contributed by atoms with E-state index in [1.54, 1.807) is 0 Å². The number of rotatable bonds is 5. The zero-order chi connectivity index (χ0) is 15.4. The number of fused-ring (bicyclic) bond motifs is 1. The number of amides is 1. The van der Waals surface area contributed by atoms with Gasteiger partial charge >= 0.3 is 0 Å². The van der Waals surface area contributed by atoms with Gasteiger partial charge in [-0.2, -0.15) is 0 Å². The molecule has 2 unspecified atom stereocenters. The molecule has 2 aliphatic heterocycles. The van der Waals surface area contributed by atoms with E-state index >= 15 is 0 Å². The molecule has 4 heteroatoms. The highest BCUT2D eigenvalue weighted by molar-refractivity contribution is 6.18. The second kappa shape index (κ2) is 7.47. The summed E-state index contributed by atoms with van der Waals surface area (Å²) in [6.45, 7) is 1.24. The van der Waals surface area contributed by atoms with E-state index < -0.39 is 0 Å². The van der Waals surface area contributed by atoms with E-state index in [1.807, 2.05) is 12.1 Å². The zero-order valence-corrected chi connectivity index (χ0v) is 13.8. The fraction of sp³-hybridized carbons (Fsp3) is 0.611. The average molecular weight is 321 g/mol. The number of piperidine rings is 1. The van der Waals surface area contributed by atoms with Gasteiger partial charge in [-0.3, -0.25) is 9.69 Å². The van der Waals surface area contributed by atoms with E-state index in [-0.39, 0.29) is 5.91 Å². The van der Waals surface area contributed by atoms with Crippen molar-refractivity contribution in [2.45, 2.75) is 57.0 Å². The summed E-state index contributed by atoms with van der Waals surface area (Å²) >= 11 is 5.61. The number of carbonyl (C=O) groups is 1. The Morgan fingerprint density at radius 2 is 2.00 bits per heavy atom. The van der Waals surface area contributed by atoms with E-state index in [1.165, 1.54) is 44.2 Å². The minimum atomic E-state index is 0.0466. The van der Waals surface area contributed by atoms with Crippen molar-refractivity contribution in [3.63, 3.8) is 0 Å². The van der Waals surface area contributed by atoms with Crippen LogP contribution in [0.2, 0.25) is 0 Å². The van der Waals surface area contributed by atoms with Crippen LogP contribution < -0.4 is 5.32 Å². The number of anilines is 1. The first-order chi connectivity index (χ1) is 10.8. The van der Waals surface area contributed by atoms with Crippen LogP contribution in [0.25, 0.3) is 0 Å². The predicted octanol–water partition coefficient (Wildman–Crippen LogP) is 4.33. The van der Waals surface area contributed by atoms with Crippen molar-refractivity contribution in [3.8, 4) is 0 Å². The number of alkyl halides is 1. The summed E-state index contributed by atoms with van der Waals surface area (Å²) in [5.74, 6) is 0.579. The largest absolute Gasteiger partial charge is 0.326 e.